The summed E-state index contributed by atoms with van der Waals surface area (Å²) in [5.41, 5.74) is 1.01. The van der Waals surface area contributed by atoms with E-state index in [4.69, 9.17) is 5.11 Å². The third-order valence-corrected chi connectivity index (χ3v) is 4.66. The molecule has 8 heteroatoms. The van der Waals surface area contributed by atoms with E-state index >= 15 is 0 Å². The van der Waals surface area contributed by atoms with Crippen LogP contribution in [0.5, 0.6) is 0 Å². The smallest absolute Gasteiger partial charge is 0.306 e. The maximum Gasteiger partial charge on any atom is 0.306 e. The number of hydrogen-bond donors (Lipinski definition) is 2. The summed E-state index contributed by atoms with van der Waals surface area (Å²) in [6.45, 7) is 1.75. The maximum absolute atomic E-state index is 12.9. The number of aromatic nitrogens is 4. The zero-order chi connectivity index (χ0) is 17.8. The number of rotatable bonds is 6. The largest absolute Gasteiger partial charge is 0.481 e. The summed E-state index contributed by atoms with van der Waals surface area (Å²) >= 11 is 0. The minimum absolute atomic E-state index is 0.122. The van der Waals surface area contributed by atoms with Gasteiger partial charge in [0.05, 0.1) is 5.92 Å². The molecule has 0 saturated heterocycles. The fourth-order valence-corrected chi connectivity index (χ4v) is 3.29. The molecule has 2 N–H and O–H groups in total. The number of carboxylic acid groups (broad SMARTS) is 1. The van der Waals surface area contributed by atoms with Gasteiger partial charge in [-0.05, 0) is 42.2 Å². The van der Waals surface area contributed by atoms with Gasteiger partial charge < -0.3 is 10.4 Å². The monoisotopic (exact) mass is 343 g/mol. The van der Waals surface area contributed by atoms with Gasteiger partial charge in [-0.25, -0.2) is 4.68 Å². The van der Waals surface area contributed by atoms with Crippen molar-refractivity contribution < 1.29 is 14.7 Å². The van der Waals surface area contributed by atoms with E-state index in [9.17, 15) is 9.59 Å². The Balaban J connectivity index is 1.74. The fourth-order valence-electron chi connectivity index (χ4n) is 3.29. The predicted molar refractivity (Wildman–Crippen MR) is 88.6 cm³/mol. The number of hydrogen-bond acceptors (Lipinski definition) is 5. The second-order valence-corrected chi connectivity index (χ2v) is 6.43. The number of tetrazole rings is 1. The van der Waals surface area contributed by atoms with E-state index in [-0.39, 0.29) is 17.9 Å². The number of carbonyl (C=O) groups excluding carboxylic acids is 1. The third kappa shape index (κ3) is 4.01. The van der Waals surface area contributed by atoms with Gasteiger partial charge in [-0.15, -0.1) is 5.10 Å². The van der Waals surface area contributed by atoms with E-state index in [1.54, 1.807) is 6.92 Å². The Morgan fingerprint density at radius 3 is 2.68 bits per heavy atom. The van der Waals surface area contributed by atoms with Gasteiger partial charge in [0.25, 0.3) is 0 Å². The quantitative estimate of drug-likeness (QED) is 0.814. The lowest BCUT2D eigenvalue weighted by atomic mass is 10.0. The maximum atomic E-state index is 12.9. The minimum Gasteiger partial charge on any atom is -0.481 e. The molecule has 25 heavy (non-hydrogen) atoms. The standard InChI is InChI=1S/C17H21N5O3/c1-11-19-20-21-22(11)15(9-12-5-3-2-4-6-12)16(23)18-14-8-7-13(10-14)17(24)25/h2-6,13-15H,7-10H2,1H3,(H,18,23)(H,24,25)/t13-,14+,15?/m0/s1. The van der Waals surface area contributed by atoms with Gasteiger partial charge in [-0.2, -0.15) is 0 Å². The van der Waals surface area contributed by atoms with Crippen LogP contribution in [0.4, 0.5) is 0 Å². The second kappa shape index (κ2) is 7.42. The summed E-state index contributed by atoms with van der Waals surface area (Å²) in [5, 5.41) is 23.6. The van der Waals surface area contributed by atoms with Crippen molar-refractivity contribution in [3.63, 3.8) is 0 Å². The molecule has 0 bridgehead atoms. The first-order chi connectivity index (χ1) is 12.0. The normalized spacial score (nSPS) is 21.0. The molecule has 0 spiro atoms. The fraction of sp³-hybridized carbons (Fsp3) is 0.471. The topological polar surface area (TPSA) is 110 Å². The van der Waals surface area contributed by atoms with E-state index in [1.165, 1.54) is 4.68 Å². The van der Waals surface area contributed by atoms with Crippen LogP contribution in [0, 0.1) is 12.8 Å². The first kappa shape index (κ1) is 17.1. The molecule has 1 heterocycles. The number of benzene rings is 1. The number of nitrogens with one attached hydrogen (secondary N) is 1. The molecular formula is C17H21N5O3. The molecule has 0 radical (unpaired) electrons. The summed E-state index contributed by atoms with van der Waals surface area (Å²) < 4.78 is 1.52. The highest BCUT2D eigenvalue weighted by atomic mass is 16.4. The van der Waals surface area contributed by atoms with E-state index in [0.717, 1.165) is 5.56 Å². The lowest BCUT2D eigenvalue weighted by molar-refractivity contribution is -0.141. The zero-order valence-corrected chi connectivity index (χ0v) is 14.0. The van der Waals surface area contributed by atoms with Gasteiger partial charge in [-0.1, -0.05) is 30.3 Å². The number of aliphatic carboxylic acids is 1. The zero-order valence-electron chi connectivity index (χ0n) is 14.0. The van der Waals surface area contributed by atoms with Crippen molar-refractivity contribution in [1.29, 1.82) is 0 Å². The first-order valence-electron chi connectivity index (χ1n) is 8.36. The highest BCUT2D eigenvalue weighted by Gasteiger charge is 2.33. The number of aryl methyl sites for hydroxylation is 1. The summed E-state index contributed by atoms with van der Waals surface area (Å²) in [6, 6.07) is 8.98. The van der Waals surface area contributed by atoms with Crippen LogP contribution in [-0.2, 0) is 16.0 Å². The number of carboxylic acids is 1. The Morgan fingerprint density at radius 1 is 1.32 bits per heavy atom. The van der Waals surface area contributed by atoms with Crippen LogP contribution in [0.15, 0.2) is 30.3 Å². The Bertz CT molecular complexity index is 746. The van der Waals surface area contributed by atoms with Crippen molar-refractivity contribution >= 4 is 11.9 Å². The predicted octanol–water partition coefficient (Wildman–Crippen LogP) is 1.13. The number of amides is 1. The molecular weight excluding hydrogens is 322 g/mol. The van der Waals surface area contributed by atoms with Gasteiger partial charge in [-0.3, -0.25) is 9.59 Å². The Hall–Kier alpha value is -2.77. The molecule has 1 saturated carbocycles. The highest BCUT2D eigenvalue weighted by molar-refractivity contribution is 5.81. The highest BCUT2D eigenvalue weighted by Crippen LogP contribution is 2.26. The molecule has 1 fully saturated rings. The lowest BCUT2D eigenvalue weighted by Gasteiger charge is -2.20. The van der Waals surface area contributed by atoms with Crippen LogP contribution in [0.1, 0.15) is 36.7 Å². The summed E-state index contributed by atoms with van der Waals surface area (Å²) in [5.74, 6) is -0.803. The van der Waals surface area contributed by atoms with E-state index in [1.807, 2.05) is 30.3 Å². The summed E-state index contributed by atoms with van der Waals surface area (Å²) in [6.07, 6.45) is 2.20. The second-order valence-electron chi connectivity index (χ2n) is 6.43. The van der Waals surface area contributed by atoms with E-state index in [2.05, 4.69) is 20.8 Å². The molecule has 2 aromatic rings. The van der Waals surface area contributed by atoms with Crippen molar-refractivity contribution in [2.24, 2.45) is 5.92 Å². The van der Waals surface area contributed by atoms with E-state index < -0.39 is 12.0 Å². The van der Waals surface area contributed by atoms with Gasteiger partial charge in [0.1, 0.15) is 11.9 Å². The molecule has 1 aromatic carbocycles. The number of carbonyl (C=O) groups is 2. The first-order valence-corrected chi connectivity index (χ1v) is 8.36. The van der Waals surface area contributed by atoms with Crippen LogP contribution in [0.3, 0.4) is 0 Å². The summed E-state index contributed by atoms with van der Waals surface area (Å²) in [4.78, 5) is 24.0. The molecule has 3 atom stereocenters. The van der Waals surface area contributed by atoms with Gasteiger partial charge in [0, 0.05) is 12.5 Å². The van der Waals surface area contributed by atoms with Crippen molar-refractivity contribution in [3.8, 4) is 0 Å². The van der Waals surface area contributed by atoms with Crippen LogP contribution in [0.25, 0.3) is 0 Å². The van der Waals surface area contributed by atoms with Crippen molar-refractivity contribution in [2.45, 2.75) is 44.7 Å². The molecule has 3 rings (SSSR count). The van der Waals surface area contributed by atoms with Crippen molar-refractivity contribution in [2.75, 3.05) is 0 Å². The average Bonchev–Trinajstić information content (AvgIpc) is 3.23. The summed E-state index contributed by atoms with van der Waals surface area (Å²) in [7, 11) is 0. The van der Waals surface area contributed by atoms with Gasteiger partial charge >= 0.3 is 5.97 Å². The average molecular weight is 343 g/mol. The van der Waals surface area contributed by atoms with Gasteiger partial charge in [0.15, 0.2) is 0 Å². The molecule has 0 aliphatic heterocycles. The number of nitrogens with zero attached hydrogens (tertiary/aromatic N) is 4. The van der Waals surface area contributed by atoms with Crippen LogP contribution in [-0.4, -0.2) is 43.2 Å². The SMILES string of the molecule is Cc1nnnn1C(Cc1ccccc1)C(=O)N[C@@H]1CC[C@H](C(=O)O)C1. The lowest BCUT2D eigenvalue weighted by Crippen LogP contribution is -2.40. The van der Waals surface area contributed by atoms with Crippen molar-refractivity contribution in [3.05, 3.63) is 41.7 Å². The van der Waals surface area contributed by atoms with E-state index in [0.29, 0.717) is 31.5 Å². The Kier molecular flexibility index (Phi) is 5.06. The minimum atomic E-state index is -0.797. The Labute approximate surface area is 145 Å². The van der Waals surface area contributed by atoms with Gasteiger partial charge in [0.2, 0.25) is 5.91 Å². The Morgan fingerprint density at radius 2 is 2.08 bits per heavy atom. The molecule has 1 unspecified atom stereocenters. The van der Waals surface area contributed by atoms with Crippen molar-refractivity contribution in [1.82, 2.24) is 25.5 Å². The molecule has 1 aliphatic carbocycles. The molecule has 132 valence electrons. The van der Waals surface area contributed by atoms with Crippen LogP contribution in [0.2, 0.25) is 0 Å². The molecule has 8 nitrogen and oxygen atoms in total. The van der Waals surface area contributed by atoms with Crippen LogP contribution < -0.4 is 5.32 Å². The molecule has 1 aliphatic rings. The molecule has 1 amide bonds. The van der Waals surface area contributed by atoms with Crippen LogP contribution >= 0.6 is 0 Å². The third-order valence-electron chi connectivity index (χ3n) is 4.66. The molecule has 1 aromatic heterocycles.